The van der Waals surface area contributed by atoms with Crippen LogP contribution in [0, 0.1) is 5.92 Å². The van der Waals surface area contributed by atoms with Crippen molar-refractivity contribution in [2.45, 2.75) is 39.2 Å². The van der Waals surface area contributed by atoms with Gasteiger partial charge in [-0.05, 0) is 18.8 Å². The third kappa shape index (κ3) is 2.70. The van der Waals surface area contributed by atoms with Crippen LogP contribution in [-0.2, 0) is 14.3 Å². The van der Waals surface area contributed by atoms with Crippen LogP contribution in [0.5, 0.6) is 0 Å². The highest BCUT2D eigenvalue weighted by atomic mass is 16.5. The monoisotopic (exact) mass is 213 g/mol. The SMILES string of the molecule is COC(=O)[C@H](C(C)C)N1CCCCC1=O. The minimum atomic E-state index is -0.414. The zero-order valence-corrected chi connectivity index (χ0v) is 9.66. The Hall–Kier alpha value is -1.06. The van der Waals surface area contributed by atoms with Gasteiger partial charge in [0.05, 0.1) is 7.11 Å². The lowest BCUT2D eigenvalue weighted by Gasteiger charge is -2.34. The summed E-state index contributed by atoms with van der Waals surface area (Å²) in [6.07, 6.45) is 2.47. The van der Waals surface area contributed by atoms with Crippen LogP contribution >= 0.6 is 0 Å². The predicted molar refractivity (Wildman–Crippen MR) is 56.2 cm³/mol. The minimum absolute atomic E-state index is 0.0744. The van der Waals surface area contributed by atoms with Crippen molar-refractivity contribution in [3.63, 3.8) is 0 Å². The van der Waals surface area contributed by atoms with Crippen molar-refractivity contribution in [2.24, 2.45) is 5.92 Å². The summed E-state index contributed by atoms with van der Waals surface area (Å²) in [5.74, 6) is -0.134. The number of carbonyl (C=O) groups excluding carboxylic acids is 2. The lowest BCUT2D eigenvalue weighted by Crippen LogP contribution is -2.50. The molecule has 1 rings (SSSR count). The first kappa shape index (κ1) is 12.0. The van der Waals surface area contributed by atoms with Crippen molar-refractivity contribution >= 4 is 11.9 Å². The molecule has 1 saturated heterocycles. The van der Waals surface area contributed by atoms with E-state index in [4.69, 9.17) is 4.74 Å². The number of nitrogens with zero attached hydrogens (tertiary/aromatic N) is 1. The molecule has 1 amide bonds. The maximum Gasteiger partial charge on any atom is 0.328 e. The summed E-state index contributed by atoms with van der Waals surface area (Å²) in [6.45, 7) is 4.55. The number of amides is 1. The fourth-order valence-electron chi connectivity index (χ4n) is 2.00. The molecule has 0 bridgehead atoms. The predicted octanol–water partition coefficient (Wildman–Crippen LogP) is 1.20. The molecule has 0 aromatic heterocycles. The molecule has 0 radical (unpaired) electrons. The first-order valence-electron chi connectivity index (χ1n) is 5.45. The summed E-state index contributed by atoms with van der Waals surface area (Å²) < 4.78 is 4.74. The van der Waals surface area contributed by atoms with Crippen LogP contribution in [0.25, 0.3) is 0 Å². The topological polar surface area (TPSA) is 46.6 Å². The van der Waals surface area contributed by atoms with Crippen LogP contribution in [0.1, 0.15) is 33.1 Å². The van der Waals surface area contributed by atoms with E-state index in [1.807, 2.05) is 13.8 Å². The maximum absolute atomic E-state index is 11.7. The number of carbonyl (C=O) groups is 2. The van der Waals surface area contributed by atoms with Crippen LogP contribution in [0.15, 0.2) is 0 Å². The number of esters is 1. The summed E-state index contributed by atoms with van der Waals surface area (Å²) in [5.41, 5.74) is 0. The number of likely N-dealkylation sites (tertiary alicyclic amines) is 1. The van der Waals surface area contributed by atoms with Gasteiger partial charge < -0.3 is 9.64 Å². The van der Waals surface area contributed by atoms with E-state index in [1.165, 1.54) is 7.11 Å². The Morgan fingerprint density at radius 2 is 2.07 bits per heavy atom. The Bertz CT molecular complexity index is 250. The Morgan fingerprint density at radius 3 is 2.53 bits per heavy atom. The molecule has 1 fully saturated rings. The van der Waals surface area contributed by atoms with Crippen LogP contribution in [0.4, 0.5) is 0 Å². The zero-order chi connectivity index (χ0) is 11.4. The number of hydrogen-bond donors (Lipinski definition) is 0. The number of methoxy groups -OCH3 is 1. The van der Waals surface area contributed by atoms with Crippen molar-refractivity contribution in [1.82, 2.24) is 4.90 Å². The standard InChI is InChI=1S/C11H19NO3/c1-8(2)10(11(14)15-3)12-7-5-4-6-9(12)13/h8,10H,4-7H2,1-3H3/t10-/m0/s1. The van der Waals surface area contributed by atoms with Crippen molar-refractivity contribution in [1.29, 1.82) is 0 Å². The molecular formula is C11H19NO3. The molecule has 0 saturated carbocycles. The fraction of sp³-hybridized carbons (Fsp3) is 0.818. The van der Waals surface area contributed by atoms with E-state index in [2.05, 4.69) is 0 Å². The van der Waals surface area contributed by atoms with Gasteiger partial charge in [-0.3, -0.25) is 4.79 Å². The molecule has 86 valence electrons. The van der Waals surface area contributed by atoms with Crippen molar-refractivity contribution < 1.29 is 14.3 Å². The summed E-state index contributed by atoms with van der Waals surface area (Å²) >= 11 is 0. The smallest absolute Gasteiger partial charge is 0.328 e. The summed E-state index contributed by atoms with van der Waals surface area (Å²) in [6, 6.07) is -0.414. The van der Waals surface area contributed by atoms with Crippen molar-refractivity contribution in [3.8, 4) is 0 Å². The maximum atomic E-state index is 11.7. The molecule has 1 aliphatic rings. The Kier molecular flexibility index (Phi) is 4.12. The Balaban J connectivity index is 2.78. The molecule has 0 N–H and O–H groups in total. The summed E-state index contributed by atoms with van der Waals surface area (Å²) in [7, 11) is 1.37. The summed E-state index contributed by atoms with van der Waals surface area (Å²) in [4.78, 5) is 24.9. The van der Waals surface area contributed by atoms with E-state index in [1.54, 1.807) is 4.90 Å². The normalized spacial score (nSPS) is 19.2. The fourth-order valence-corrected chi connectivity index (χ4v) is 2.00. The molecule has 1 aliphatic heterocycles. The average molecular weight is 213 g/mol. The average Bonchev–Trinajstić information content (AvgIpc) is 2.20. The van der Waals surface area contributed by atoms with Gasteiger partial charge in [0.15, 0.2) is 0 Å². The van der Waals surface area contributed by atoms with Gasteiger partial charge in [0.2, 0.25) is 5.91 Å². The Morgan fingerprint density at radius 1 is 1.40 bits per heavy atom. The van der Waals surface area contributed by atoms with Gasteiger partial charge >= 0.3 is 5.97 Å². The highest BCUT2D eigenvalue weighted by Gasteiger charge is 2.34. The first-order valence-corrected chi connectivity index (χ1v) is 5.45. The molecule has 4 nitrogen and oxygen atoms in total. The molecule has 0 aliphatic carbocycles. The highest BCUT2D eigenvalue weighted by molar-refractivity contribution is 5.85. The lowest BCUT2D eigenvalue weighted by atomic mass is 9.99. The third-order valence-electron chi connectivity index (χ3n) is 2.77. The largest absolute Gasteiger partial charge is 0.467 e. The van der Waals surface area contributed by atoms with E-state index in [9.17, 15) is 9.59 Å². The second-order valence-corrected chi connectivity index (χ2v) is 4.26. The van der Waals surface area contributed by atoms with Gasteiger partial charge in [0.1, 0.15) is 6.04 Å². The summed E-state index contributed by atoms with van der Waals surface area (Å²) in [5, 5.41) is 0. The van der Waals surface area contributed by atoms with Crippen LogP contribution in [0.2, 0.25) is 0 Å². The number of rotatable bonds is 3. The number of ether oxygens (including phenoxy) is 1. The van der Waals surface area contributed by atoms with Gasteiger partial charge in [0.25, 0.3) is 0 Å². The Labute approximate surface area is 90.6 Å². The zero-order valence-electron chi connectivity index (χ0n) is 9.66. The molecule has 0 unspecified atom stereocenters. The van der Waals surface area contributed by atoms with Crippen molar-refractivity contribution in [3.05, 3.63) is 0 Å². The van der Waals surface area contributed by atoms with Crippen LogP contribution in [-0.4, -0.2) is 36.5 Å². The van der Waals surface area contributed by atoms with E-state index in [0.29, 0.717) is 13.0 Å². The second-order valence-electron chi connectivity index (χ2n) is 4.26. The molecule has 1 atom stereocenters. The van der Waals surface area contributed by atoms with Gasteiger partial charge in [-0.1, -0.05) is 13.8 Å². The minimum Gasteiger partial charge on any atom is -0.467 e. The molecule has 15 heavy (non-hydrogen) atoms. The van der Waals surface area contributed by atoms with Gasteiger partial charge in [0, 0.05) is 13.0 Å². The van der Waals surface area contributed by atoms with Gasteiger partial charge in [-0.25, -0.2) is 4.79 Å². The molecule has 0 aromatic carbocycles. The van der Waals surface area contributed by atoms with E-state index < -0.39 is 6.04 Å². The number of piperidine rings is 1. The third-order valence-corrected chi connectivity index (χ3v) is 2.77. The molecular weight excluding hydrogens is 194 g/mol. The lowest BCUT2D eigenvalue weighted by molar-refractivity contribution is -0.156. The van der Waals surface area contributed by atoms with E-state index in [-0.39, 0.29) is 17.8 Å². The highest BCUT2D eigenvalue weighted by Crippen LogP contribution is 2.19. The molecule has 1 heterocycles. The number of hydrogen-bond acceptors (Lipinski definition) is 3. The molecule has 4 heteroatoms. The van der Waals surface area contributed by atoms with E-state index >= 15 is 0 Å². The quantitative estimate of drug-likeness (QED) is 0.662. The molecule has 0 aromatic rings. The molecule has 0 spiro atoms. The van der Waals surface area contributed by atoms with Gasteiger partial charge in [-0.15, -0.1) is 0 Å². The van der Waals surface area contributed by atoms with Crippen LogP contribution in [0.3, 0.4) is 0 Å². The second kappa shape index (κ2) is 5.14. The van der Waals surface area contributed by atoms with E-state index in [0.717, 1.165) is 12.8 Å². The van der Waals surface area contributed by atoms with Crippen LogP contribution < -0.4 is 0 Å². The van der Waals surface area contributed by atoms with Crippen molar-refractivity contribution in [2.75, 3.05) is 13.7 Å². The van der Waals surface area contributed by atoms with Gasteiger partial charge in [-0.2, -0.15) is 0 Å². The first-order chi connectivity index (χ1) is 7.07.